The van der Waals surface area contributed by atoms with E-state index in [9.17, 15) is 14.4 Å². The number of aromatic nitrogens is 3. The molecule has 2 amide bonds. The summed E-state index contributed by atoms with van der Waals surface area (Å²) in [6.45, 7) is 7.81. The number of hydrogen-bond acceptors (Lipinski definition) is 6. The van der Waals surface area contributed by atoms with Crippen molar-refractivity contribution >= 4 is 28.9 Å². The normalized spacial score (nSPS) is 11.4. The van der Waals surface area contributed by atoms with Crippen LogP contribution in [0.1, 0.15) is 54.2 Å². The van der Waals surface area contributed by atoms with E-state index in [-0.39, 0.29) is 11.5 Å². The Morgan fingerprint density at radius 3 is 2.39 bits per heavy atom. The van der Waals surface area contributed by atoms with Gasteiger partial charge >= 0.3 is 0 Å². The third kappa shape index (κ3) is 5.33. The molecular formula is C26H26N6O3S. The Morgan fingerprint density at radius 2 is 1.69 bits per heavy atom. The van der Waals surface area contributed by atoms with Crippen LogP contribution in [0.15, 0.2) is 64.8 Å². The van der Waals surface area contributed by atoms with Gasteiger partial charge in [0.2, 0.25) is 0 Å². The molecular weight excluding hydrogens is 476 g/mol. The quantitative estimate of drug-likeness (QED) is 0.264. The first-order chi connectivity index (χ1) is 17.2. The van der Waals surface area contributed by atoms with Crippen LogP contribution < -0.4 is 16.3 Å². The summed E-state index contributed by atoms with van der Waals surface area (Å²) < 4.78 is 1.47. The smallest absolute Gasteiger partial charge is 0.281 e. The highest BCUT2D eigenvalue weighted by atomic mass is 32.1. The lowest BCUT2D eigenvalue weighted by molar-refractivity contribution is 0.0950. The number of aromatic amines is 1. The minimum absolute atomic E-state index is 0.254. The molecule has 3 aromatic heterocycles. The molecule has 0 spiro atoms. The maximum absolute atomic E-state index is 13.1. The first kappa shape index (κ1) is 24.8. The molecule has 184 valence electrons. The maximum atomic E-state index is 13.1. The topological polar surface area (TPSA) is 121 Å². The van der Waals surface area contributed by atoms with E-state index >= 15 is 0 Å². The lowest BCUT2D eigenvalue weighted by atomic mass is 10.1. The third-order valence-corrected chi connectivity index (χ3v) is 6.85. The largest absolute Gasteiger partial charge is 0.347 e. The standard InChI is InChI=1S/C26H26N6O3S/c1-15-5-6-20(13-16(15)2)32-26(35)23(18(4)31-32)17(3)29-30-25(34)22-8-7-21(36-22)24(33)28-14-19-9-11-27-12-10-19/h5-13,31H,14H2,1-4H3,(H,28,33)(H,30,34)/b29-17-. The van der Waals surface area contributed by atoms with Gasteiger partial charge in [0.25, 0.3) is 17.4 Å². The number of rotatable bonds is 7. The second-order valence-electron chi connectivity index (χ2n) is 8.36. The molecule has 0 radical (unpaired) electrons. The van der Waals surface area contributed by atoms with Crippen molar-refractivity contribution in [3.05, 3.63) is 103 Å². The lowest BCUT2D eigenvalue weighted by Crippen LogP contribution is -2.23. The predicted molar refractivity (Wildman–Crippen MR) is 140 cm³/mol. The van der Waals surface area contributed by atoms with Crippen molar-refractivity contribution in [1.29, 1.82) is 0 Å². The number of hydrogen-bond donors (Lipinski definition) is 3. The Morgan fingerprint density at radius 1 is 1.00 bits per heavy atom. The summed E-state index contributed by atoms with van der Waals surface area (Å²) in [5.74, 6) is -0.736. The van der Waals surface area contributed by atoms with E-state index in [1.807, 2.05) is 44.2 Å². The number of amides is 2. The van der Waals surface area contributed by atoms with Gasteiger partial charge < -0.3 is 5.32 Å². The van der Waals surface area contributed by atoms with Gasteiger partial charge in [-0.1, -0.05) is 6.07 Å². The first-order valence-corrected chi connectivity index (χ1v) is 12.1. The van der Waals surface area contributed by atoms with Crippen molar-refractivity contribution in [2.45, 2.75) is 34.2 Å². The first-order valence-electron chi connectivity index (χ1n) is 11.3. The molecule has 0 aliphatic carbocycles. The van der Waals surface area contributed by atoms with Gasteiger partial charge in [-0.15, -0.1) is 11.3 Å². The minimum atomic E-state index is -0.463. The summed E-state index contributed by atoms with van der Waals surface area (Å²) in [5, 5.41) is 10.0. The number of hydrazone groups is 1. The van der Waals surface area contributed by atoms with Crippen molar-refractivity contribution in [1.82, 2.24) is 25.5 Å². The van der Waals surface area contributed by atoms with Gasteiger partial charge in [-0.05, 0) is 80.8 Å². The molecule has 0 saturated heterocycles. The number of carbonyl (C=O) groups excluding carboxylic acids is 2. The van der Waals surface area contributed by atoms with Gasteiger partial charge in [0.15, 0.2) is 0 Å². The molecule has 0 fully saturated rings. The molecule has 0 unspecified atom stereocenters. The van der Waals surface area contributed by atoms with Gasteiger partial charge in [-0.3, -0.25) is 24.5 Å². The number of pyridine rings is 1. The third-order valence-electron chi connectivity index (χ3n) is 5.76. The second kappa shape index (κ2) is 10.5. The maximum Gasteiger partial charge on any atom is 0.281 e. The zero-order valence-corrected chi connectivity index (χ0v) is 21.2. The Balaban J connectivity index is 1.44. The van der Waals surface area contributed by atoms with Gasteiger partial charge in [-0.2, -0.15) is 5.10 Å². The molecule has 0 bridgehead atoms. The van der Waals surface area contributed by atoms with Crippen molar-refractivity contribution < 1.29 is 9.59 Å². The Kier molecular flexibility index (Phi) is 7.25. The zero-order chi connectivity index (χ0) is 25.8. The van der Waals surface area contributed by atoms with Gasteiger partial charge in [0.1, 0.15) is 0 Å². The Hall–Kier alpha value is -4.31. The van der Waals surface area contributed by atoms with E-state index in [2.05, 4.69) is 25.9 Å². The SMILES string of the molecule is C/C(=N/NC(=O)c1ccc(C(=O)NCc2ccncc2)s1)c1c(C)[nH]n(-c2ccc(C)c(C)c2)c1=O. The fraction of sp³-hybridized carbons (Fsp3) is 0.192. The molecule has 4 rings (SSSR count). The highest BCUT2D eigenvalue weighted by Gasteiger charge is 2.17. The van der Waals surface area contributed by atoms with Crippen molar-refractivity contribution in [2.24, 2.45) is 5.10 Å². The summed E-state index contributed by atoms with van der Waals surface area (Å²) in [5.41, 5.74) is 7.49. The van der Waals surface area contributed by atoms with Crippen LogP contribution in [0.25, 0.3) is 5.69 Å². The monoisotopic (exact) mass is 502 g/mol. The average Bonchev–Trinajstić information content (AvgIpc) is 3.48. The summed E-state index contributed by atoms with van der Waals surface area (Å²) >= 11 is 1.06. The van der Waals surface area contributed by atoms with Crippen molar-refractivity contribution in [2.75, 3.05) is 0 Å². The van der Waals surface area contributed by atoms with Gasteiger partial charge in [0, 0.05) is 24.6 Å². The molecule has 3 N–H and O–H groups in total. The highest BCUT2D eigenvalue weighted by molar-refractivity contribution is 7.15. The van der Waals surface area contributed by atoms with Crippen LogP contribution in [0.5, 0.6) is 0 Å². The van der Waals surface area contributed by atoms with E-state index in [4.69, 9.17) is 0 Å². The van der Waals surface area contributed by atoms with E-state index < -0.39 is 5.91 Å². The summed E-state index contributed by atoms with van der Waals surface area (Å²) in [7, 11) is 0. The number of nitrogens with zero attached hydrogens (tertiary/aromatic N) is 3. The van der Waals surface area contributed by atoms with E-state index in [0.717, 1.165) is 33.7 Å². The second-order valence-corrected chi connectivity index (χ2v) is 9.44. The molecule has 1 aromatic carbocycles. The fourth-order valence-corrected chi connectivity index (χ4v) is 4.43. The number of carbonyl (C=O) groups is 2. The van der Waals surface area contributed by atoms with E-state index in [1.165, 1.54) is 4.68 Å². The van der Waals surface area contributed by atoms with E-state index in [1.54, 1.807) is 38.4 Å². The molecule has 10 heteroatoms. The Labute approximate surface area is 211 Å². The number of aryl methyl sites for hydroxylation is 3. The van der Waals surface area contributed by atoms with Gasteiger partial charge in [0.05, 0.1) is 26.7 Å². The number of H-pyrrole nitrogens is 1. The van der Waals surface area contributed by atoms with Crippen molar-refractivity contribution in [3.8, 4) is 5.69 Å². The predicted octanol–water partition coefficient (Wildman–Crippen LogP) is 3.63. The molecule has 0 atom stereocenters. The van der Waals surface area contributed by atoms with Gasteiger partial charge in [-0.25, -0.2) is 10.1 Å². The fourth-order valence-electron chi connectivity index (χ4n) is 3.62. The summed E-state index contributed by atoms with van der Waals surface area (Å²) in [4.78, 5) is 42.8. The van der Waals surface area contributed by atoms with E-state index in [0.29, 0.717) is 33.3 Å². The van der Waals surface area contributed by atoms with Crippen molar-refractivity contribution in [3.63, 3.8) is 0 Å². The molecule has 0 saturated carbocycles. The average molecular weight is 503 g/mol. The van der Waals surface area contributed by atoms with Crippen LogP contribution in [0.3, 0.4) is 0 Å². The number of nitrogens with one attached hydrogen (secondary N) is 3. The number of thiophene rings is 1. The lowest BCUT2D eigenvalue weighted by Gasteiger charge is -2.05. The summed E-state index contributed by atoms with van der Waals surface area (Å²) in [6.07, 6.45) is 3.32. The highest BCUT2D eigenvalue weighted by Crippen LogP contribution is 2.17. The number of benzene rings is 1. The molecule has 3 heterocycles. The van der Waals surface area contributed by atoms with Crippen LogP contribution in [-0.4, -0.2) is 32.3 Å². The molecule has 0 aliphatic heterocycles. The molecule has 9 nitrogen and oxygen atoms in total. The Bertz CT molecular complexity index is 1510. The minimum Gasteiger partial charge on any atom is -0.347 e. The van der Waals surface area contributed by atoms with Crippen LogP contribution >= 0.6 is 11.3 Å². The van der Waals surface area contributed by atoms with Crippen LogP contribution in [0.4, 0.5) is 0 Å². The molecule has 4 aromatic rings. The zero-order valence-electron chi connectivity index (χ0n) is 20.4. The molecule has 36 heavy (non-hydrogen) atoms. The van der Waals surface area contributed by atoms with Crippen LogP contribution in [0.2, 0.25) is 0 Å². The van der Waals surface area contributed by atoms with Crippen LogP contribution in [0, 0.1) is 20.8 Å². The van der Waals surface area contributed by atoms with Crippen LogP contribution in [-0.2, 0) is 6.54 Å². The molecule has 0 aliphatic rings. The summed E-state index contributed by atoms with van der Waals surface area (Å²) in [6, 6.07) is 12.6.